The molecule has 0 aromatic heterocycles. The summed E-state index contributed by atoms with van der Waals surface area (Å²) >= 11 is 1.11. The van der Waals surface area contributed by atoms with Gasteiger partial charge in [0.05, 0.1) is 18.0 Å². The Morgan fingerprint density at radius 2 is 1.90 bits per heavy atom. The summed E-state index contributed by atoms with van der Waals surface area (Å²) in [5.74, 6) is -1.92. The second-order valence-electron chi connectivity index (χ2n) is 6.97. The summed E-state index contributed by atoms with van der Waals surface area (Å²) in [7, 11) is 0. The highest BCUT2D eigenvalue weighted by Gasteiger charge is 2.34. The summed E-state index contributed by atoms with van der Waals surface area (Å²) in [6, 6.07) is 10.6. The number of hydrogen-bond donors (Lipinski definition) is 1. The van der Waals surface area contributed by atoms with Gasteiger partial charge in [-0.25, -0.2) is 8.78 Å². The van der Waals surface area contributed by atoms with Gasteiger partial charge in [0.1, 0.15) is 5.75 Å². The number of fused-ring (bicyclic) bond motifs is 1. The van der Waals surface area contributed by atoms with Crippen LogP contribution in [0.15, 0.2) is 47.4 Å². The molecule has 0 fully saturated rings. The van der Waals surface area contributed by atoms with E-state index in [4.69, 9.17) is 4.74 Å². The Labute approximate surface area is 178 Å². The van der Waals surface area contributed by atoms with Crippen molar-refractivity contribution in [2.24, 2.45) is 0 Å². The lowest BCUT2D eigenvalue weighted by atomic mass is 10.1. The average Bonchev–Trinajstić information content (AvgIpc) is 2.77. The molecule has 1 heterocycles. The normalized spacial score (nSPS) is 15.5. The largest absolute Gasteiger partial charge is 0.477 e. The van der Waals surface area contributed by atoms with E-state index in [9.17, 15) is 18.4 Å². The molecule has 0 spiro atoms. The van der Waals surface area contributed by atoms with Crippen LogP contribution >= 0.6 is 11.8 Å². The third-order valence-electron chi connectivity index (χ3n) is 4.95. The van der Waals surface area contributed by atoms with Gasteiger partial charge in [-0.1, -0.05) is 26.0 Å². The second kappa shape index (κ2) is 9.93. The van der Waals surface area contributed by atoms with E-state index in [2.05, 4.69) is 5.32 Å². The van der Waals surface area contributed by atoms with Gasteiger partial charge in [0.25, 0.3) is 5.91 Å². The minimum atomic E-state index is -0.956. The van der Waals surface area contributed by atoms with Crippen LogP contribution in [0.4, 0.5) is 14.5 Å². The molecule has 5 nitrogen and oxygen atoms in total. The highest BCUT2D eigenvalue weighted by atomic mass is 32.2. The van der Waals surface area contributed by atoms with Crippen molar-refractivity contribution in [1.82, 2.24) is 5.32 Å². The van der Waals surface area contributed by atoms with Crippen molar-refractivity contribution in [3.63, 3.8) is 0 Å². The van der Waals surface area contributed by atoms with Crippen LogP contribution < -0.4 is 15.0 Å². The molecule has 160 valence electrons. The number of carbonyl (C=O) groups is 2. The first kappa shape index (κ1) is 22.1. The number of anilines is 1. The molecule has 3 rings (SSSR count). The fourth-order valence-corrected chi connectivity index (χ4v) is 3.98. The summed E-state index contributed by atoms with van der Waals surface area (Å²) in [4.78, 5) is 27.6. The maximum absolute atomic E-state index is 13.4. The zero-order valence-corrected chi connectivity index (χ0v) is 17.7. The number of thioether (sulfide) groups is 1. The van der Waals surface area contributed by atoms with Gasteiger partial charge < -0.3 is 15.0 Å². The van der Waals surface area contributed by atoms with Crippen molar-refractivity contribution in [2.75, 3.05) is 17.2 Å². The number of amides is 2. The average molecular weight is 435 g/mol. The van der Waals surface area contributed by atoms with E-state index in [0.29, 0.717) is 16.3 Å². The first-order valence-electron chi connectivity index (χ1n) is 9.87. The highest BCUT2D eigenvalue weighted by molar-refractivity contribution is 8.00. The number of para-hydroxylation sites is 2. The molecular weight excluding hydrogens is 410 g/mol. The number of halogens is 2. The number of nitrogens with one attached hydrogen (secondary N) is 1. The summed E-state index contributed by atoms with van der Waals surface area (Å²) in [6.07, 6.45) is 0.788. The summed E-state index contributed by atoms with van der Waals surface area (Å²) in [5, 5.41) is 2.96. The summed E-state index contributed by atoms with van der Waals surface area (Å²) in [6.45, 7) is 4.08. The van der Waals surface area contributed by atoms with Crippen molar-refractivity contribution in [1.29, 1.82) is 0 Å². The van der Waals surface area contributed by atoms with E-state index in [1.165, 1.54) is 11.0 Å². The van der Waals surface area contributed by atoms with Gasteiger partial charge in [0.15, 0.2) is 17.7 Å². The molecule has 2 aromatic rings. The Balaban J connectivity index is 1.73. The minimum Gasteiger partial charge on any atom is -0.477 e. The number of ether oxygens (including phenoxy) is 1. The number of rotatable bonds is 7. The lowest BCUT2D eigenvalue weighted by Crippen LogP contribution is -2.52. The summed E-state index contributed by atoms with van der Waals surface area (Å²) in [5.41, 5.74) is 0.583. The van der Waals surface area contributed by atoms with Gasteiger partial charge in [0.2, 0.25) is 5.91 Å². The Morgan fingerprint density at radius 3 is 2.60 bits per heavy atom. The van der Waals surface area contributed by atoms with Crippen LogP contribution in [0.3, 0.4) is 0 Å². The topological polar surface area (TPSA) is 58.6 Å². The second-order valence-corrected chi connectivity index (χ2v) is 8.01. The van der Waals surface area contributed by atoms with Crippen molar-refractivity contribution in [3.05, 3.63) is 54.1 Å². The zero-order chi connectivity index (χ0) is 21.7. The smallest absolute Gasteiger partial charge is 0.263 e. The van der Waals surface area contributed by atoms with Crippen LogP contribution in [0.5, 0.6) is 5.75 Å². The van der Waals surface area contributed by atoms with Gasteiger partial charge in [-0.2, -0.15) is 0 Å². The van der Waals surface area contributed by atoms with E-state index in [1.54, 1.807) is 24.3 Å². The Hall–Kier alpha value is -2.61. The molecule has 0 radical (unpaired) electrons. The van der Waals surface area contributed by atoms with Crippen molar-refractivity contribution >= 4 is 29.3 Å². The van der Waals surface area contributed by atoms with Crippen LogP contribution in [-0.2, 0) is 9.59 Å². The minimum absolute atomic E-state index is 0.0142. The molecule has 0 aliphatic carbocycles. The molecule has 2 aromatic carbocycles. The fourth-order valence-electron chi connectivity index (χ4n) is 3.18. The first-order chi connectivity index (χ1) is 14.4. The fraction of sp³-hybridized carbons (Fsp3) is 0.364. The molecule has 1 aliphatic rings. The Bertz CT molecular complexity index is 921. The van der Waals surface area contributed by atoms with Crippen molar-refractivity contribution in [2.45, 2.75) is 43.7 Å². The SMILES string of the molecule is CCC(CC)NC(=O)C1CN(C(=O)CSc2ccc(F)c(F)c2)c2ccccc2O1. The van der Waals surface area contributed by atoms with Crippen LogP contribution in [0.25, 0.3) is 0 Å². The third-order valence-corrected chi connectivity index (χ3v) is 5.93. The lowest BCUT2D eigenvalue weighted by molar-refractivity contribution is -0.129. The van der Waals surface area contributed by atoms with Crippen LogP contribution in [0.1, 0.15) is 26.7 Å². The zero-order valence-electron chi connectivity index (χ0n) is 16.9. The molecule has 0 saturated heterocycles. The first-order valence-corrected chi connectivity index (χ1v) is 10.9. The van der Waals surface area contributed by atoms with Crippen LogP contribution in [-0.4, -0.2) is 36.3 Å². The monoisotopic (exact) mass is 434 g/mol. The standard InChI is InChI=1S/C22H24F2N2O3S/c1-3-14(4-2)25-22(28)20-12-26(18-7-5-6-8-19(18)29-20)21(27)13-30-15-9-10-16(23)17(24)11-15/h5-11,14,20H,3-4,12-13H2,1-2H3,(H,25,28). The highest BCUT2D eigenvalue weighted by Crippen LogP contribution is 2.34. The molecule has 30 heavy (non-hydrogen) atoms. The Morgan fingerprint density at radius 1 is 1.17 bits per heavy atom. The van der Waals surface area contributed by atoms with Gasteiger partial charge in [-0.15, -0.1) is 11.8 Å². The molecule has 1 unspecified atom stereocenters. The molecule has 0 bridgehead atoms. The number of hydrogen-bond acceptors (Lipinski definition) is 4. The van der Waals surface area contributed by atoms with Gasteiger partial charge >= 0.3 is 0 Å². The summed E-state index contributed by atoms with van der Waals surface area (Å²) < 4.78 is 32.4. The lowest BCUT2D eigenvalue weighted by Gasteiger charge is -2.34. The molecule has 1 aliphatic heterocycles. The predicted octanol–water partition coefficient (Wildman–Crippen LogP) is 4.16. The third kappa shape index (κ3) is 5.11. The van der Waals surface area contributed by atoms with Gasteiger partial charge in [0, 0.05) is 10.9 Å². The van der Waals surface area contributed by atoms with Gasteiger partial charge in [-0.05, 0) is 43.2 Å². The number of carbonyl (C=O) groups excluding carboxylic acids is 2. The quantitative estimate of drug-likeness (QED) is 0.665. The number of nitrogens with zero attached hydrogens (tertiary/aromatic N) is 1. The molecule has 8 heteroatoms. The molecule has 0 saturated carbocycles. The Kier molecular flexibility index (Phi) is 7.31. The maximum atomic E-state index is 13.4. The van der Waals surface area contributed by atoms with E-state index < -0.39 is 17.7 Å². The van der Waals surface area contributed by atoms with E-state index in [0.717, 1.165) is 36.7 Å². The van der Waals surface area contributed by atoms with Gasteiger partial charge in [-0.3, -0.25) is 9.59 Å². The molecule has 2 amide bonds. The van der Waals surface area contributed by atoms with E-state index >= 15 is 0 Å². The van der Waals surface area contributed by atoms with Crippen LogP contribution in [0.2, 0.25) is 0 Å². The van der Waals surface area contributed by atoms with Crippen molar-refractivity contribution < 1.29 is 23.1 Å². The van der Waals surface area contributed by atoms with Crippen LogP contribution in [0, 0.1) is 11.6 Å². The van der Waals surface area contributed by atoms with E-state index in [1.807, 2.05) is 13.8 Å². The molecule has 1 atom stereocenters. The van der Waals surface area contributed by atoms with E-state index in [-0.39, 0.29) is 30.2 Å². The molecule has 1 N–H and O–H groups in total. The predicted molar refractivity (Wildman–Crippen MR) is 113 cm³/mol. The number of benzene rings is 2. The maximum Gasteiger partial charge on any atom is 0.263 e. The van der Waals surface area contributed by atoms with Crippen molar-refractivity contribution in [3.8, 4) is 5.75 Å². The molecular formula is C22H24F2N2O3S.